The van der Waals surface area contributed by atoms with Crippen LogP contribution in [0.3, 0.4) is 0 Å². The molecule has 0 radical (unpaired) electrons. The number of amides is 3. The summed E-state index contributed by atoms with van der Waals surface area (Å²) < 4.78 is 14.4. The Morgan fingerprint density at radius 3 is 2.59 bits per heavy atom. The Morgan fingerprint density at radius 2 is 1.96 bits per heavy atom. The number of rotatable bonds is 6. The minimum atomic E-state index is -0.656. The molecule has 1 aliphatic carbocycles. The van der Waals surface area contributed by atoms with E-state index in [1.807, 2.05) is 13.8 Å². The third-order valence-corrected chi connectivity index (χ3v) is 4.82. The molecule has 1 atom stereocenters. The fourth-order valence-corrected chi connectivity index (χ4v) is 3.29. The molecule has 27 heavy (non-hydrogen) atoms. The fraction of sp³-hybridized carbons (Fsp3) is 0.550. The largest absolute Gasteiger partial charge is 0.352 e. The van der Waals surface area contributed by atoms with Crippen LogP contribution in [0, 0.1) is 11.7 Å². The highest BCUT2D eigenvalue weighted by molar-refractivity contribution is 5.99. The maximum absolute atomic E-state index is 14.4. The van der Waals surface area contributed by atoms with Crippen LogP contribution in [0.15, 0.2) is 18.2 Å². The molecule has 0 aromatic heterocycles. The molecule has 2 N–H and O–H groups in total. The van der Waals surface area contributed by atoms with Crippen molar-refractivity contribution in [3.8, 4) is 0 Å². The van der Waals surface area contributed by atoms with Crippen molar-refractivity contribution in [3.05, 3.63) is 29.6 Å². The van der Waals surface area contributed by atoms with E-state index < -0.39 is 11.9 Å². The van der Waals surface area contributed by atoms with Gasteiger partial charge in [-0.1, -0.05) is 13.8 Å². The van der Waals surface area contributed by atoms with Gasteiger partial charge in [0, 0.05) is 24.6 Å². The molecule has 0 bridgehead atoms. The average Bonchev–Trinajstić information content (AvgIpc) is 3.27. The zero-order valence-electron chi connectivity index (χ0n) is 15.8. The molecule has 2 fully saturated rings. The van der Waals surface area contributed by atoms with E-state index in [1.165, 1.54) is 17.0 Å². The van der Waals surface area contributed by atoms with E-state index in [0.29, 0.717) is 19.4 Å². The van der Waals surface area contributed by atoms with Gasteiger partial charge >= 0.3 is 0 Å². The van der Waals surface area contributed by atoms with Crippen LogP contribution < -0.4 is 10.6 Å². The van der Waals surface area contributed by atoms with Crippen LogP contribution in [0.1, 0.15) is 56.3 Å². The van der Waals surface area contributed by atoms with Crippen LogP contribution >= 0.6 is 0 Å². The molecule has 3 rings (SSSR count). The summed E-state index contributed by atoms with van der Waals surface area (Å²) in [4.78, 5) is 38.5. The molecule has 1 aliphatic heterocycles. The predicted octanol–water partition coefficient (Wildman–Crippen LogP) is 2.69. The van der Waals surface area contributed by atoms with Crippen molar-refractivity contribution in [3.63, 3.8) is 0 Å². The van der Waals surface area contributed by atoms with Crippen LogP contribution in [-0.4, -0.2) is 41.2 Å². The van der Waals surface area contributed by atoms with Gasteiger partial charge in [-0.3, -0.25) is 14.4 Å². The van der Waals surface area contributed by atoms with Crippen molar-refractivity contribution in [1.29, 1.82) is 0 Å². The van der Waals surface area contributed by atoms with Crippen molar-refractivity contribution in [2.75, 3.05) is 11.9 Å². The van der Waals surface area contributed by atoms with E-state index >= 15 is 0 Å². The number of halogens is 1. The Kier molecular flexibility index (Phi) is 5.77. The Hall–Kier alpha value is -2.44. The van der Waals surface area contributed by atoms with Crippen LogP contribution in [-0.2, 0) is 9.59 Å². The molecule has 1 aromatic rings. The molecule has 6 nitrogen and oxygen atoms in total. The normalized spacial score (nSPS) is 19.3. The summed E-state index contributed by atoms with van der Waals surface area (Å²) in [6, 6.07) is 3.76. The van der Waals surface area contributed by atoms with E-state index in [1.54, 1.807) is 0 Å². The maximum atomic E-state index is 14.4. The molecule has 3 amide bonds. The Bertz CT molecular complexity index is 746. The van der Waals surface area contributed by atoms with Gasteiger partial charge in [0.1, 0.15) is 11.9 Å². The molecular weight excluding hydrogens is 349 g/mol. The molecule has 1 unspecified atom stereocenters. The maximum Gasteiger partial charge on any atom is 0.254 e. The first kappa shape index (κ1) is 19.3. The van der Waals surface area contributed by atoms with Gasteiger partial charge < -0.3 is 15.5 Å². The quantitative estimate of drug-likeness (QED) is 0.802. The van der Waals surface area contributed by atoms with Gasteiger partial charge in [-0.15, -0.1) is 0 Å². The monoisotopic (exact) mass is 375 g/mol. The molecule has 2 aliphatic rings. The first-order valence-corrected chi connectivity index (χ1v) is 9.56. The summed E-state index contributed by atoms with van der Waals surface area (Å²) in [6.45, 7) is 4.29. The predicted molar refractivity (Wildman–Crippen MR) is 99.7 cm³/mol. The summed E-state index contributed by atoms with van der Waals surface area (Å²) in [6.07, 6.45) is 3.64. The molecule has 1 saturated carbocycles. The highest BCUT2D eigenvalue weighted by atomic mass is 19.1. The van der Waals surface area contributed by atoms with E-state index in [-0.39, 0.29) is 40.9 Å². The average molecular weight is 375 g/mol. The number of carbonyl (C=O) groups excluding carboxylic acids is 3. The topological polar surface area (TPSA) is 78.5 Å². The number of carbonyl (C=O) groups is 3. The number of anilines is 1. The lowest BCUT2D eigenvalue weighted by atomic mass is 10.1. The third kappa shape index (κ3) is 4.84. The van der Waals surface area contributed by atoms with Crippen molar-refractivity contribution < 1.29 is 18.8 Å². The SMILES string of the molecule is CC(C)CC(=O)Nc1ccc(C(=O)N2CCCC2C(=O)NC2CC2)cc1F. The van der Waals surface area contributed by atoms with E-state index in [9.17, 15) is 18.8 Å². The number of benzene rings is 1. The first-order chi connectivity index (χ1) is 12.8. The van der Waals surface area contributed by atoms with Crippen molar-refractivity contribution >= 4 is 23.4 Å². The Balaban J connectivity index is 1.68. The lowest BCUT2D eigenvalue weighted by molar-refractivity contribution is -0.125. The number of nitrogens with one attached hydrogen (secondary N) is 2. The zero-order chi connectivity index (χ0) is 19.6. The fourth-order valence-electron chi connectivity index (χ4n) is 3.29. The lowest BCUT2D eigenvalue weighted by Gasteiger charge is -2.24. The first-order valence-electron chi connectivity index (χ1n) is 9.56. The second-order valence-corrected chi connectivity index (χ2v) is 7.78. The minimum absolute atomic E-state index is 0.0571. The van der Waals surface area contributed by atoms with Gasteiger partial charge in [-0.25, -0.2) is 4.39 Å². The summed E-state index contributed by atoms with van der Waals surface area (Å²) in [7, 11) is 0. The summed E-state index contributed by atoms with van der Waals surface area (Å²) in [5.74, 6) is -1.23. The number of nitrogens with zero attached hydrogens (tertiary/aromatic N) is 1. The van der Waals surface area contributed by atoms with Gasteiger partial charge in [0.2, 0.25) is 11.8 Å². The molecule has 1 aromatic carbocycles. The van der Waals surface area contributed by atoms with Crippen LogP contribution in [0.25, 0.3) is 0 Å². The molecule has 7 heteroatoms. The van der Waals surface area contributed by atoms with Crippen LogP contribution in [0.5, 0.6) is 0 Å². The molecule has 1 saturated heterocycles. The smallest absolute Gasteiger partial charge is 0.254 e. The van der Waals surface area contributed by atoms with E-state index in [4.69, 9.17) is 0 Å². The van der Waals surface area contributed by atoms with Gasteiger partial charge in [0.05, 0.1) is 5.69 Å². The second kappa shape index (κ2) is 8.06. The standard InChI is InChI=1S/C20H26FN3O3/c1-12(2)10-18(25)23-16-8-5-13(11-15(16)21)20(27)24-9-3-4-17(24)19(26)22-14-6-7-14/h5,8,11-12,14,17H,3-4,6-7,9-10H2,1-2H3,(H,22,26)(H,23,25). The molecular formula is C20H26FN3O3. The number of likely N-dealkylation sites (tertiary alicyclic amines) is 1. The molecule has 0 spiro atoms. The van der Waals surface area contributed by atoms with Gasteiger partial charge in [0.15, 0.2) is 0 Å². The van der Waals surface area contributed by atoms with Gasteiger partial charge in [-0.2, -0.15) is 0 Å². The minimum Gasteiger partial charge on any atom is -0.352 e. The third-order valence-electron chi connectivity index (χ3n) is 4.82. The molecule has 146 valence electrons. The highest BCUT2D eigenvalue weighted by Crippen LogP contribution is 2.25. The van der Waals surface area contributed by atoms with Crippen LogP contribution in [0.2, 0.25) is 0 Å². The number of hydrogen-bond acceptors (Lipinski definition) is 3. The second-order valence-electron chi connectivity index (χ2n) is 7.78. The van der Waals surface area contributed by atoms with Gasteiger partial charge in [0.25, 0.3) is 5.91 Å². The van der Waals surface area contributed by atoms with Crippen molar-refractivity contribution in [1.82, 2.24) is 10.2 Å². The van der Waals surface area contributed by atoms with Gasteiger partial charge in [-0.05, 0) is 49.8 Å². The van der Waals surface area contributed by atoms with E-state index in [2.05, 4.69) is 10.6 Å². The summed E-state index contributed by atoms with van der Waals surface area (Å²) in [5, 5.41) is 5.47. The van der Waals surface area contributed by atoms with Crippen molar-refractivity contribution in [2.24, 2.45) is 5.92 Å². The molecule has 1 heterocycles. The van der Waals surface area contributed by atoms with Crippen LogP contribution in [0.4, 0.5) is 10.1 Å². The van der Waals surface area contributed by atoms with Crippen molar-refractivity contribution in [2.45, 2.75) is 58.0 Å². The van der Waals surface area contributed by atoms with E-state index in [0.717, 1.165) is 25.3 Å². The highest BCUT2D eigenvalue weighted by Gasteiger charge is 2.36. The summed E-state index contributed by atoms with van der Waals surface area (Å²) >= 11 is 0. The lowest BCUT2D eigenvalue weighted by Crippen LogP contribution is -2.46. The Labute approximate surface area is 158 Å². The summed E-state index contributed by atoms with van der Waals surface area (Å²) in [5.41, 5.74) is 0.238. The number of hydrogen-bond donors (Lipinski definition) is 2. The zero-order valence-corrected chi connectivity index (χ0v) is 15.8. The Morgan fingerprint density at radius 1 is 1.22 bits per heavy atom.